The zero-order chi connectivity index (χ0) is 17.6. The summed E-state index contributed by atoms with van der Waals surface area (Å²) in [6.45, 7) is 2.68. The number of hydrogen-bond acceptors (Lipinski definition) is 6. The molecule has 3 aromatic rings. The first-order valence-electron chi connectivity index (χ1n) is 8.23. The summed E-state index contributed by atoms with van der Waals surface area (Å²) >= 11 is 0. The van der Waals surface area contributed by atoms with Crippen LogP contribution in [0.25, 0.3) is 22.5 Å². The number of nitrogens with one attached hydrogen (secondary N) is 1. The van der Waals surface area contributed by atoms with Crippen LogP contribution in [0.1, 0.15) is 13.3 Å². The summed E-state index contributed by atoms with van der Waals surface area (Å²) in [6, 6.07) is 11.1. The third-order valence-corrected chi connectivity index (χ3v) is 3.98. The summed E-state index contributed by atoms with van der Waals surface area (Å²) in [7, 11) is 0. The van der Waals surface area contributed by atoms with Crippen LogP contribution in [0, 0.1) is 0 Å². The zero-order valence-corrected chi connectivity index (χ0v) is 14.1. The summed E-state index contributed by atoms with van der Waals surface area (Å²) in [5.74, 6) is 1.28. The van der Waals surface area contributed by atoms with Gasteiger partial charge in [-0.3, -0.25) is 4.98 Å². The number of hydrogen-bond donors (Lipinski definition) is 3. The topological polar surface area (TPSA) is 97.0 Å². The van der Waals surface area contributed by atoms with E-state index in [9.17, 15) is 5.11 Å². The standard InChI is InChI=1S/C19H21N5O/c1-2-15(20)12-23-18-7-10-22-19(24-18)16-11-14(3-4-17(16)25)13-5-8-21-9-6-13/h3-11,15,25H,2,12,20H2,1H3,(H,22,23,24)/t15-/m1/s1. The Morgan fingerprint density at radius 2 is 1.88 bits per heavy atom. The minimum atomic E-state index is 0.0711. The van der Waals surface area contributed by atoms with E-state index >= 15 is 0 Å². The monoisotopic (exact) mass is 335 g/mol. The molecule has 0 saturated carbocycles. The number of benzene rings is 1. The van der Waals surface area contributed by atoms with E-state index in [1.165, 1.54) is 0 Å². The number of aromatic hydroxyl groups is 1. The van der Waals surface area contributed by atoms with Crippen LogP contribution in [0.15, 0.2) is 55.0 Å². The van der Waals surface area contributed by atoms with Gasteiger partial charge in [-0.1, -0.05) is 13.0 Å². The van der Waals surface area contributed by atoms with Gasteiger partial charge in [0.05, 0.1) is 5.56 Å². The fourth-order valence-electron chi connectivity index (χ4n) is 2.41. The summed E-state index contributed by atoms with van der Waals surface area (Å²) in [4.78, 5) is 12.8. The highest BCUT2D eigenvalue weighted by molar-refractivity contribution is 5.74. The fraction of sp³-hybridized carbons (Fsp3) is 0.211. The first-order valence-corrected chi connectivity index (χ1v) is 8.23. The highest BCUT2D eigenvalue weighted by atomic mass is 16.3. The lowest BCUT2D eigenvalue weighted by Gasteiger charge is -2.12. The number of phenols is 1. The summed E-state index contributed by atoms with van der Waals surface area (Å²) in [5.41, 5.74) is 8.49. The Kier molecular flexibility index (Phi) is 5.20. The second kappa shape index (κ2) is 7.72. The summed E-state index contributed by atoms with van der Waals surface area (Å²) in [5, 5.41) is 13.5. The van der Waals surface area contributed by atoms with Gasteiger partial charge >= 0.3 is 0 Å². The lowest BCUT2D eigenvalue weighted by molar-refractivity contribution is 0.477. The molecule has 0 bridgehead atoms. The highest BCUT2D eigenvalue weighted by Crippen LogP contribution is 2.31. The molecule has 2 heterocycles. The third kappa shape index (κ3) is 4.10. The summed E-state index contributed by atoms with van der Waals surface area (Å²) in [6.07, 6.45) is 6.03. The Morgan fingerprint density at radius 1 is 1.08 bits per heavy atom. The molecule has 0 aliphatic heterocycles. The lowest BCUT2D eigenvalue weighted by atomic mass is 10.0. The molecule has 0 fully saturated rings. The minimum absolute atomic E-state index is 0.0711. The first-order chi connectivity index (χ1) is 12.2. The van der Waals surface area contributed by atoms with Gasteiger partial charge in [-0.25, -0.2) is 9.97 Å². The molecule has 128 valence electrons. The van der Waals surface area contributed by atoms with Gasteiger partial charge in [0, 0.05) is 31.2 Å². The Balaban J connectivity index is 1.91. The van der Waals surface area contributed by atoms with E-state index in [0.717, 1.165) is 17.5 Å². The van der Waals surface area contributed by atoms with Crippen molar-refractivity contribution in [3.05, 3.63) is 55.0 Å². The molecule has 0 aliphatic carbocycles. The second-order valence-corrected chi connectivity index (χ2v) is 5.78. The number of anilines is 1. The smallest absolute Gasteiger partial charge is 0.165 e. The summed E-state index contributed by atoms with van der Waals surface area (Å²) < 4.78 is 0. The number of nitrogens with two attached hydrogens (primary N) is 1. The molecular formula is C19H21N5O. The average Bonchev–Trinajstić information content (AvgIpc) is 2.67. The van der Waals surface area contributed by atoms with Crippen LogP contribution in [0.3, 0.4) is 0 Å². The van der Waals surface area contributed by atoms with Crippen molar-refractivity contribution >= 4 is 5.82 Å². The quantitative estimate of drug-likeness (QED) is 0.640. The highest BCUT2D eigenvalue weighted by Gasteiger charge is 2.11. The first kappa shape index (κ1) is 16.9. The molecule has 1 aromatic carbocycles. The maximum atomic E-state index is 10.2. The molecule has 6 nitrogen and oxygen atoms in total. The van der Waals surface area contributed by atoms with E-state index in [0.29, 0.717) is 23.8 Å². The minimum Gasteiger partial charge on any atom is -0.507 e. The number of rotatable bonds is 6. The Bertz CT molecular complexity index is 838. The number of nitrogens with zero attached hydrogens (tertiary/aromatic N) is 3. The SMILES string of the molecule is CC[C@@H](N)CNc1ccnc(-c2cc(-c3ccncc3)ccc2O)n1. The van der Waals surface area contributed by atoms with Gasteiger partial charge in [0.25, 0.3) is 0 Å². The maximum Gasteiger partial charge on any atom is 0.165 e. The Hall–Kier alpha value is -2.99. The molecule has 6 heteroatoms. The van der Waals surface area contributed by atoms with Crippen molar-refractivity contribution < 1.29 is 5.11 Å². The molecule has 0 saturated heterocycles. The number of pyridine rings is 1. The zero-order valence-electron chi connectivity index (χ0n) is 14.1. The fourth-order valence-corrected chi connectivity index (χ4v) is 2.41. The van der Waals surface area contributed by atoms with Gasteiger partial charge in [0.2, 0.25) is 0 Å². The van der Waals surface area contributed by atoms with Crippen LogP contribution in [0.4, 0.5) is 5.82 Å². The van der Waals surface area contributed by atoms with Gasteiger partial charge in [-0.05, 0) is 47.9 Å². The van der Waals surface area contributed by atoms with Crippen molar-refractivity contribution in [1.82, 2.24) is 15.0 Å². The second-order valence-electron chi connectivity index (χ2n) is 5.78. The van der Waals surface area contributed by atoms with Crippen LogP contribution in [0.2, 0.25) is 0 Å². The predicted octanol–water partition coefficient (Wildman–Crippen LogP) is 3.06. The number of aromatic nitrogens is 3. The predicted molar refractivity (Wildman–Crippen MR) is 99.1 cm³/mol. The van der Waals surface area contributed by atoms with Gasteiger partial charge in [0.1, 0.15) is 11.6 Å². The van der Waals surface area contributed by atoms with E-state index in [4.69, 9.17) is 5.73 Å². The normalized spacial score (nSPS) is 11.9. The number of phenolic OH excluding ortho intramolecular Hbond substituents is 1. The molecule has 0 unspecified atom stereocenters. The molecule has 4 N–H and O–H groups in total. The van der Waals surface area contributed by atoms with Crippen molar-refractivity contribution in [1.29, 1.82) is 0 Å². The molecule has 2 aromatic heterocycles. The van der Waals surface area contributed by atoms with Crippen molar-refractivity contribution in [3.8, 4) is 28.3 Å². The van der Waals surface area contributed by atoms with E-state index in [2.05, 4.69) is 20.3 Å². The molecule has 0 aliphatic rings. The Labute approximate surface area is 146 Å². The van der Waals surface area contributed by atoms with E-state index in [1.54, 1.807) is 30.7 Å². The van der Waals surface area contributed by atoms with Gasteiger partial charge in [-0.2, -0.15) is 0 Å². The van der Waals surface area contributed by atoms with Crippen LogP contribution >= 0.6 is 0 Å². The van der Waals surface area contributed by atoms with Gasteiger partial charge in [-0.15, -0.1) is 0 Å². The molecule has 0 amide bonds. The van der Waals surface area contributed by atoms with Crippen LogP contribution in [0.5, 0.6) is 5.75 Å². The molecule has 3 rings (SSSR count). The largest absolute Gasteiger partial charge is 0.507 e. The molecule has 25 heavy (non-hydrogen) atoms. The van der Waals surface area contributed by atoms with Gasteiger partial charge in [0.15, 0.2) is 5.82 Å². The third-order valence-electron chi connectivity index (χ3n) is 3.98. The molecule has 0 spiro atoms. The van der Waals surface area contributed by atoms with Crippen molar-refractivity contribution in [3.63, 3.8) is 0 Å². The lowest BCUT2D eigenvalue weighted by Crippen LogP contribution is -2.28. The Morgan fingerprint density at radius 3 is 2.64 bits per heavy atom. The van der Waals surface area contributed by atoms with Crippen molar-refractivity contribution in [2.75, 3.05) is 11.9 Å². The van der Waals surface area contributed by atoms with Crippen LogP contribution in [-0.2, 0) is 0 Å². The molecule has 1 atom stereocenters. The van der Waals surface area contributed by atoms with Crippen LogP contribution < -0.4 is 11.1 Å². The van der Waals surface area contributed by atoms with E-state index < -0.39 is 0 Å². The van der Waals surface area contributed by atoms with Crippen molar-refractivity contribution in [2.45, 2.75) is 19.4 Å². The van der Waals surface area contributed by atoms with Crippen molar-refractivity contribution in [2.24, 2.45) is 5.73 Å². The average molecular weight is 335 g/mol. The molecule has 0 radical (unpaired) electrons. The molecular weight excluding hydrogens is 314 g/mol. The van der Waals surface area contributed by atoms with Gasteiger partial charge < -0.3 is 16.2 Å². The maximum absolute atomic E-state index is 10.2. The van der Waals surface area contributed by atoms with Crippen LogP contribution in [-0.4, -0.2) is 32.6 Å². The van der Waals surface area contributed by atoms with E-state index in [1.807, 2.05) is 31.2 Å². The van der Waals surface area contributed by atoms with E-state index in [-0.39, 0.29) is 11.8 Å².